The summed E-state index contributed by atoms with van der Waals surface area (Å²) in [6.45, 7) is 3.66. The van der Waals surface area contributed by atoms with Gasteiger partial charge in [-0.25, -0.2) is 0 Å². The maximum absolute atomic E-state index is 12.6. The van der Waals surface area contributed by atoms with E-state index >= 15 is 0 Å². The van der Waals surface area contributed by atoms with E-state index in [0.717, 1.165) is 44.9 Å². The van der Waals surface area contributed by atoms with E-state index in [9.17, 15) is 30.3 Å². The van der Waals surface area contributed by atoms with E-state index in [1.807, 2.05) is 0 Å². The molecule has 9 nitrogen and oxygen atoms in total. The number of hydrogen-bond donors (Lipinski definition) is 6. The van der Waals surface area contributed by atoms with Gasteiger partial charge in [-0.1, -0.05) is 104 Å². The molecule has 0 radical (unpaired) electrons. The summed E-state index contributed by atoms with van der Waals surface area (Å²) in [6.07, 6.45) is 10.3. The second-order valence-electron chi connectivity index (χ2n) is 10.9. The van der Waals surface area contributed by atoms with E-state index in [1.54, 1.807) is 0 Å². The predicted molar refractivity (Wildman–Crippen MR) is 147 cm³/mol. The zero-order valence-corrected chi connectivity index (χ0v) is 23.9. The second-order valence-corrected chi connectivity index (χ2v) is 10.9. The topological polar surface area (TPSA) is 149 Å². The summed E-state index contributed by atoms with van der Waals surface area (Å²) in [4.78, 5) is 12.6. The average Bonchev–Trinajstić information content (AvgIpc) is 2.91. The molecule has 7 atom stereocenters. The van der Waals surface area contributed by atoms with E-state index in [2.05, 4.69) is 19.2 Å². The van der Waals surface area contributed by atoms with E-state index in [4.69, 9.17) is 9.47 Å². The van der Waals surface area contributed by atoms with Gasteiger partial charge in [0.15, 0.2) is 6.29 Å². The molecule has 0 aromatic rings. The van der Waals surface area contributed by atoms with Gasteiger partial charge in [-0.15, -0.1) is 0 Å². The van der Waals surface area contributed by atoms with Gasteiger partial charge in [-0.2, -0.15) is 0 Å². The van der Waals surface area contributed by atoms with Gasteiger partial charge in [-0.3, -0.25) is 4.79 Å². The first-order valence-corrected chi connectivity index (χ1v) is 15.2. The minimum absolute atomic E-state index is 0.137. The molecule has 1 aliphatic heterocycles. The number of unbranched alkanes of at least 4 members (excludes halogenated alkanes) is 13. The Morgan fingerprint density at radius 3 is 1.87 bits per heavy atom. The van der Waals surface area contributed by atoms with Gasteiger partial charge in [0, 0.05) is 6.42 Å². The van der Waals surface area contributed by atoms with Crippen LogP contribution in [0.25, 0.3) is 0 Å². The lowest BCUT2D eigenvalue weighted by atomic mass is 9.99. The molecule has 7 unspecified atom stereocenters. The molecule has 6 N–H and O–H groups in total. The Kier molecular flexibility index (Phi) is 20.3. The van der Waals surface area contributed by atoms with Crippen molar-refractivity contribution in [2.24, 2.45) is 0 Å². The smallest absolute Gasteiger partial charge is 0.220 e. The lowest BCUT2D eigenvalue weighted by Gasteiger charge is -2.40. The normalized spacial score (nSPS) is 25.3. The minimum Gasteiger partial charge on any atom is -0.394 e. The van der Waals surface area contributed by atoms with Gasteiger partial charge in [0.25, 0.3) is 0 Å². The fourth-order valence-corrected chi connectivity index (χ4v) is 4.86. The number of nitrogens with one attached hydrogen (secondary N) is 1. The Hall–Kier alpha value is -0.810. The van der Waals surface area contributed by atoms with Gasteiger partial charge in [0.1, 0.15) is 24.4 Å². The number of hydrogen-bond acceptors (Lipinski definition) is 8. The Bertz CT molecular complexity index is 579. The Balaban J connectivity index is 2.44. The van der Waals surface area contributed by atoms with Crippen LogP contribution >= 0.6 is 0 Å². The van der Waals surface area contributed by atoms with E-state index < -0.39 is 49.5 Å². The van der Waals surface area contributed by atoms with Gasteiger partial charge in [0.05, 0.1) is 25.4 Å². The highest BCUT2D eigenvalue weighted by Gasteiger charge is 2.44. The molecule has 0 aliphatic carbocycles. The third-order valence-electron chi connectivity index (χ3n) is 7.46. The van der Waals surface area contributed by atoms with Crippen LogP contribution in [0, 0.1) is 0 Å². The molecule has 38 heavy (non-hydrogen) atoms. The zero-order chi connectivity index (χ0) is 28.2. The zero-order valence-electron chi connectivity index (χ0n) is 23.9. The van der Waals surface area contributed by atoms with Crippen LogP contribution in [0.2, 0.25) is 0 Å². The van der Waals surface area contributed by atoms with Crippen molar-refractivity contribution in [1.82, 2.24) is 5.32 Å². The van der Waals surface area contributed by atoms with Crippen molar-refractivity contribution in [2.75, 3.05) is 13.2 Å². The summed E-state index contributed by atoms with van der Waals surface area (Å²) in [5.74, 6) is -0.157. The summed E-state index contributed by atoms with van der Waals surface area (Å²) < 4.78 is 11.0. The fourth-order valence-electron chi connectivity index (χ4n) is 4.86. The lowest BCUT2D eigenvalue weighted by Crippen LogP contribution is -2.60. The first-order chi connectivity index (χ1) is 18.3. The summed E-state index contributed by atoms with van der Waals surface area (Å²) in [7, 11) is 0. The third-order valence-corrected chi connectivity index (χ3v) is 7.46. The van der Waals surface area contributed by atoms with E-state index in [-0.39, 0.29) is 12.5 Å². The van der Waals surface area contributed by atoms with Crippen LogP contribution < -0.4 is 5.32 Å². The molecule has 0 saturated carbocycles. The molecule has 1 fully saturated rings. The highest BCUT2D eigenvalue weighted by Crippen LogP contribution is 2.22. The van der Waals surface area contributed by atoms with Crippen LogP contribution in [-0.4, -0.2) is 87.5 Å². The maximum atomic E-state index is 12.6. The van der Waals surface area contributed by atoms with Crippen LogP contribution in [0.5, 0.6) is 0 Å². The number of amides is 1. The van der Waals surface area contributed by atoms with Gasteiger partial charge in [0.2, 0.25) is 5.91 Å². The number of aliphatic hydroxyl groups is 5. The molecular weight excluding hydrogens is 490 g/mol. The number of rotatable bonds is 23. The van der Waals surface area contributed by atoms with Crippen molar-refractivity contribution in [3.63, 3.8) is 0 Å². The number of ether oxygens (including phenoxy) is 2. The summed E-state index contributed by atoms with van der Waals surface area (Å²) >= 11 is 0. The van der Waals surface area contributed by atoms with Crippen LogP contribution in [0.15, 0.2) is 0 Å². The number of aliphatic hydroxyl groups excluding tert-OH is 5. The molecule has 0 aromatic heterocycles. The van der Waals surface area contributed by atoms with Gasteiger partial charge < -0.3 is 40.3 Å². The molecular formula is C29H57NO8. The van der Waals surface area contributed by atoms with E-state index in [1.165, 1.54) is 51.4 Å². The van der Waals surface area contributed by atoms with Gasteiger partial charge in [-0.05, 0) is 12.8 Å². The van der Waals surface area contributed by atoms with Crippen molar-refractivity contribution in [3.8, 4) is 0 Å². The van der Waals surface area contributed by atoms with Gasteiger partial charge >= 0.3 is 0 Å². The SMILES string of the molecule is CCCCCCCCCCCCCC(=O)NC(COC1OC(CO)C(O)C(O)C1O)C(O)CCCCCC. The van der Waals surface area contributed by atoms with Crippen molar-refractivity contribution in [2.45, 2.75) is 166 Å². The second kappa shape index (κ2) is 21.9. The largest absolute Gasteiger partial charge is 0.394 e. The van der Waals surface area contributed by atoms with Crippen LogP contribution in [0.4, 0.5) is 0 Å². The van der Waals surface area contributed by atoms with E-state index in [0.29, 0.717) is 12.8 Å². The van der Waals surface area contributed by atoms with Crippen molar-refractivity contribution in [1.29, 1.82) is 0 Å². The predicted octanol–water partition coefficient (Wildman–Crippen LogP) is 3.32. The molecule has 1 rings (SSSR count). The third kappa shape index (κ3) is 14.5. The molecule has 0 aromatic carbocycles. The van der Waals surface area contributed by atoms with Crippen LogP contribution in [0.1, 0.15) is 123 Å². The molecule has 1 heterocycles. The highest BCUT2D eigenvalue weighted by atomic mass is 16.7. The van der Waals surface area contributed by atoms with Crippen LogP contribution in [0.3, 0.4) is 0 Å². The molecule has 1 aliphatic rings. The number of carbonyl (C=O) groups excluding carboxylic acids is 1. The first kappa shape index (κ1) is 35.2. The Labute approximate surface area is 230 Å². The monoisotopic (exact) mass is 547 g/mol. The standard InChI is InChI=1S/C29H57NO8/c1-3-5-7-9-10-11-12-13-14-15-17-19-25(33)30-22(23(32)18-16-8-6-4-2)21-37-29-28(36)27(35)26(34)24(20-31)38-29/h22-24,26-29,31-32,34-36H,3-21H2,1-2H3,(H,30,33). The molecule has 0 spiro atoms. The first-order valence-electron chi connectivity index (χ1n) is 15.2. The molecule has 9 heteroatoms. The molecule has 1 saturated heterocycles. The Morgan fingerprint density at radius 2 is 1.32 bits per heavy atom. The van der Waals surface area contributed by atoms with Crippen molar-refractivity contribution in [3.05, 3.63) is 0 Å². The van der Waals surface area contributed by atoms with Crippen molar-refractivity contribution >= 4 is 5.91 Å². The maximum Gasteiger partial charge on any atom is 0.220 e. The summed E-state index contributed by atoms with van der Waals surface area (Å²) in [5, 5.41) is 53.2. The molecule has 1 amide bonds. The lowest BCUT2D eigenvalue weighted by molar-refractivity contribution is -0.302. The fraction of sp³-hybridized carbons (Fsp3) is 0.966. The Morgan fingerprint density at radius 1 is 0.789 bits per heavy atom. The van der Waals surface area contributed by atoms with Crippen molar-refractivity contribution < 1.29 is 39.8 Å². The minimum atomic E-state index is -1.54. The molecule has 226 valence electrons. The number of carbonyl (C=O) groups is 1. The quantitative estimate of drug-likeness (QED) is 0.107. The summed E-state index contributed by atoms with van der Waals surface area (Å²) in [6, 6.07) is -0.704. The van der Waals surface area contributed by atoms with Crippen LogP contribution in [-0.2, 0) is 14.3 Å². The summed E-state index contributed by atoms with van der Waals surface area (Å²) in [5.41, 5.74) is 0. The molecule has 0 bridgehead atoms. The average molecular weight is 548 g/mol. The highest BCUT2D eigenvalue weighted by molar-refractivity contribution is 5.76.